The van der Waals surface area contributed by atoms with E-state index >= 15 is 0 Å². The average Bonchev–Trinajstić information content (AvgIpc) is 3.32. The van der Waals surface area contributed by atoms with Crippen LogP contribution in [0.1, 0.15) is 23.2 Å². The van der Waals surface area contributed by atoms with E-state index in [1.807, 2.05) is 80.0 Å². The fourth-order valence-corrected chi connectivity index (χ4v) is 4.06. The van der Waals surface area contributed by atoms with Gasteiger partial charge in [-0.25, -0.2) is 0 Å². The summed E-state index contributed by atoms with van der Waals surface area (Å²) in [5, 5.41) is 7.11. The molecule has 0 atom stereocenters. The highest BCUT2D eigenvalue weighted by Gasteiger charge is 2.49. The molecule has 0 saturated carbocycles. The Bertz CT molecular complexity index is 958. The number of likely N-dealkylation sites (tertiary alicyclic amines) is 1. The van der Waals surface area contributed by atoms with E-state index < -0.39 is 5.41 Å². The summed E-state index contributed by atoms with van der Waals surface area (Å²) in [4.78, 5) is 27.7. The summed E-state index contributed by atoms with van der Waals surface area (Å²) in [7, 11) is 1.83. The minimum absolute atomic E-state index is 0.0251. The lowest BCUT2D eigenvalue weighted by molar-refractivity contribution is -0.135. The summed E-state index contributed by atoms with van der Waals surface area (Å²) in [6.45, 7) is 0.941. The molecule has 1 aliphatic heterocycles. The molecule has 1 saturated heterocycles. The smallest absolute Gasteiger partial charge is 0.239 e. The van der Waals surface area contributed by atoms with E-state index in [0.29, 0.717) is 19.5 Å². The number of hydrogen-bond acceptors (Lipinski definition) is 3. The lowest BCUT2D eigenvalue weighted by atomic mass is 9.73. The van der Waals surface area contributed by atoms with Crippen LogP contribution in [0.3, 0.4) is 0 Å². The van der Waals surface area contributed by atoms with Crippen LogP contribution in [0.4, 0.5) is 0 Å². The molecule has 0 aliphatic carbocycles. The quantitative estimate of drug-likeness (QED) is 0.704. The molecule has 3 aromatic rings. The van der Waals surface area contributed by atoms with E-state index in [2.05, 4.69) is 10.4 Å². The van der Waals surface area contributed by atoms with Crippen molar-refractivity contribution >= 4 is 11.8 Å². The number of carbonyl (C=O) groups is 2. The zero-order valence-electron chi connectivity index (χ0n) is 16.4. The van der Waals surface area contributed by atoms with Crippen molar-refractivity contribution in [2.24, 2.45) is 7.05 Å². The van der Waals surface area contributed by atoms with Gasteiger partial charge in [-0.2, -0.15) is 5.10 Å². The molecule has 0 spiro atoms. The Morgan fingerprint density at radius 2 is 1.66 bits per heavy atom. The first-order valence-corrected chi connectivity index (χ1v) is 9.75. The second-order valence-corrected chi connectivity index (χ2v) is 7.37. The first-order valence-electron chi connectivity index (χ1n) is 9.75. The second-order valence-electron chi connectivity index (χ2n) is 7.37. The Balaban J connectivity index is 1.52. The summed E-state index contributed by atoms with van der Waals surface area (Å²) in [6.07, 6.45) is 2.48. The fourth-order valence-electron chi connectivity index (χ4n) is 4.06. The van der Waals surface area contributed by atoms with E-state index in [4.69, 9.17) is 0 Å². The first kappa shape index (κ1) is 18.9. The van der Waals surface area contributed by atoms with Crippen LogP contribution in [0.25, 0.3) is 0 Å². The molecule has 2 amide bonds. The predicted molar refractivity (Wildman–Crippen MR) is 110 cm³/mol. The lowest BCUT2D eigenvalue weighted by Crippen LogP contribution is -2.43. The zero-order valence-corrected chi connectivity index (χ0v) is 16.4. The molecule has 6 nitrogen and oxygen atoms in total. The Labute approximate surface area is 170 Å². The topological polar surface area (TPSA) is 67.2 Å². The summed E-state index contributed by atoms with van der Waals surface area (Å²) in [5.74, 6) is -0.205. The molecule has 1 N–H and O–H groups in total. The first-order chi connectivity index (χ1) is 14.1. The number of nitrogens with zero attached hydrogens (tertiary/aromatic N) is 3. The Kier molecular flexibility index (Phi) is 5.16. The molecule has 2 heterocycles. The van der Waals surface area contributed by atoms with E-state index in [0.717, 1.165) is 16.8 Å². The van der Waals surface area contributed by atoms with Crippen molar-refractivity contribution in [2.45, 2.75) is 18.4 Å². The van der Waals surface area contributed by atoms with Crippen LogP contribution in [0, 0.1) is 0 Å². The lowest BCUT2D eigenvalue weighted by Gasteiger charge is -2.29. The van der Waals surface area contributed by atoms with Crippen molar-refractivity contribution in [3.05, 3.63) is 89.7 Å². The van der Waals surface area contributed by atoms with Gasteiger partial charge in [-0.05, 0) is 23.6 Å². The van der Waals surface area contributed by atoms with E-state index in [1.54, 1.807) is 9.58 Å². The standard InChI is InChI=1S/C23H24N4O2/c1-26-14-12-20(25-26)16-24-21(28)17-27-15-13-23(22(27)29,18-8-4-2-5-9-18)19-10-6-3-7-11-19/h2-12,14H,13,15-17H2,1H3,(H,24,28). The van der Waals surface area contributed by atoms with Crippen LogP contribution < -0.4 is 5.32 Å². The average molecular weight is 388 g/mol. The third kappa shape index (κ3) is 3.66. The minimum atomic E-state index is -0.746. The van der Waals surface area contributed by atoms with Crippen LogP contribution in [0.5, 0.6) is 0 Å². The Hall–Kier alpha value is -3.41. The van der Waals surface area contributed by atoms with Gasteiger partial charge in [0.05, 0.1) is 18.8 Å². The highest BCUT2D eigenvalue weighted by Crippen LogP contribution is 2.41. The van der Waals surface area contributed by atoms with E-state index in [1.165, 1.54) is 0 Å². The molecule has 1 fully saturated rings. The van der Waals surface area contributed by atoms with Gasteiger partial charge in [0, 0.05) is 19.8 Å². The van der Waals surface area contributed by atoms with Crippen molar-refractivity contribution in [3.63, 3.8) is 0 Å². The number of hydrogen-bond donors (Lipinski definition) is 1. The van der Waals surface area contributed by atoms with Crippen molar-refractivity contribution in [3.8, 4) is 0 Å². The van der Waals surface area contributed by atoms with E-state index in [-0.39, 0.29) is 18.4 Å². The van der Waals surface area contributed by atoms with Gasteiger partial charge < -0.3 is 10.2 Å². The maximum atomic E-state index is 13.6. The number of nitrogens with one attached hydrogen (secondary N) is 1. The van der Waals surface area contributed by atoms with Gasteiger partial charge in [-0.1, -0.05) is 60.7 Å². The fraction of sp³-hybridized carbons (Fsp3) is 0.261. The number of benzene rings is 2. The van der Waals surface area contributed by atoms with Gasteiger partial charge in [-0.15, -0.1) is 0 Å². The monoisotopic (exact) mass is 388 g/mol. The van der Waals surface area contributed by atoms with Gasteiger partial charge in [0.25, 0.3) is 0 Å². The highest BCUT2D eigenvalue weighted by molar-refractivity contribution is 5.96. The molecule has 1 aromatic heterocycles. The molecule has 4 rings (SSSR count). The number of aromatic nitrogens is 2. The van der Waals surface area contributed by atoms with Crippen molar-refractivity contribution in [1.82, 2.24) is 20.0 Å². The highest BCUT2D eigenvalue weighted by atomic mass is 16.2. The predicted octanol–water partition coefficient (Wildman–Crippen LogP) is 2.25. The molecule has 0 radical (unpaired) electrons. The molecule has 0 bridgehead atoms. The summed E-state index contributed by atoms with van der Waals surface area (Å²) >= 11 is 0. The third-order valence-electron chi connectivity index (χ3n) is 5.51. The molecule has 29 heavy (non-hydrogen) atoms. The van der Waals surface area contributed by atoms with Crippen LogP contribution in [-0.4, -0.2) is 39.6 Å². The second kappa shape index (κ2) is 7.91. The van der Waals surface area contributed by atoms with Crippen molar-refractivity contribution in [2.75, 3.05) is 13.1 Å². The van der Waals surface area contributed by atoms with Crippen LogP contribution in [0.15, 0.2) is 72.9 Å². The summed E-state index contributed by atoms with van der Waals surface area (Å²) < 4.78 is 1.69. The number of carbonyl (C=O) groups excluding carboxylic acids is 2. The van der Waals surface area contributed by atoms with Gasteiger partial charge in [0.1, 0.15) is 5.41 Å². The molecular formula is C23H24N4O2. The van der Waals surface area contributed by atoms with Crippen molar-refractivity contribution < 1.29 is 9.59 Å². The zero-order chi connectivity index (χ0) is 20.3. The normalized spacial score (nSPS) is 15.5. The van der Waals surface area contributed by atoms with Gasteiger partial charge in [0.2, 0.25) is 11.8 Å². The molecule has 6 heteroatoms. The largest absolute Gasteiger partial charge is 0.349 e. The molecular weight excluding hydrogens is 364 g/mol. The van der Waals surface area contributed by atoms with Gasteiger partial charge in [0.15, 0.2) is 0 Å². The van der Waals surface area contributed by atoms with Crippen LogP contribution in [-0.2, 0) is 28.6 Å². The van der Waals surface area contributed by atoms with Crippen molar-refractivity contribution in [1.29, 1.82) is 0 Å². The van der Waals surface area contributed by atoms with Gasteiger partial charge in [-0.3, -0.25) is 14.3 Å². The number of rotatable bonds is 6. The van der Waals surface area contributed by atoms with Gasteiger partial charge >= 0.3 is 0 Å². The number of amides is 2. The molecule has 1 aliphatic rings. The third-order valence-corrected chi connectivity index (χ3v) is 5.51. The van der Waals surface area contributed by atoms with E-state index in [9.17, 15) is 9.59 Å². The molecule has 148 valence electrons. The Morgan fingerprint density at radius 1 is 1.03 bits per heavy atom. The minimum Gasteiger partial charge on any atom is -0.349 e. The molecule has 2 aromatic carbocycles. The van der Waals surface area contributed by atoms with Crippen LogP contribution in [0.2, 0.25) is 0 Å². The maximum absolute atomic E-state index is 13.6. The summed E-state index contributed by atoms with van der Waals surface area (Å²) in [6, 6.07) is 21.6. The molecule has 0 unspecified atom stereocenters. The SMILES string of the molecule is Cn1ccc(CNC(=O)CN2CCC(c3ccccc3)(c3ccccc3)C2=O)n1. The van der Waals surface area contributed by atoms with Crippen LogP contribution >= 0.6 is 0 Å². The summed E-state index contributed by atoms with van der Waals surface area (Å²) in [5.41, 5.74) is 1.97. The number of aryl methyl sites for hydroxylation is 1. The Morgan fingerprint density at radius 3 is 2.21 bits per heavy atom. The maximum Gasteiger partial charge on any atom is 0.239 e.